The Morgan fingerprint density at radius 1 is 0.964 bits per heavy atom. The molecular formula is C19H11ClF3N3S2. The first-order valence-corrected chi connectivity index (χ1v) is 10.1. The molecule has 142 valence electrons. The molecule has 0 aliphatic carbocycles. The van der Waals surface area contributed by atoms with Gasteiger partial charge >= 0.3 is 6.18 Å². The minimum Gasteiger partial charge on any atom is -0.302 e. The standard InChI is InChI=1S/C19H11ClF3N3S2/c20-16-9-11(19(21,22)23)1-3-14(16)13-5-6-24-17-10-12(2-4-15(13)17)28-26-18-25-7-8-27-18/h1-10H,(H,25,26). The van der Waals surface area contributed by atoms with E-state index in [1.807, 2.05) is 23.6 Å². The number of alkyl halides is 3. The van der Waals surface area contributed by atoms with E-state index >= 15 is 0 Å². The minimum absolute atomic E-state index is 0.0474. The Labute approximate surface area is 171 Å². The zero-order valence-electron chi connectivity index (χ0n) is 14.0. The molecule has 3 nitrogen and oxygen atoms in total. The van der Waals surface area contributed by atoms with Crippen molar-refractivity contribution in [2.24, 2.45) is 0 Å². The summed E-state index contributed by atoms with van der Waals surface area (Å²) in [6.07, 6.45) is -1.09. The van der Waals surface area contributed by atoms with Gasteiger partial charge in [0.05, 0.1) is 11.1 Å². The van der Waals surface area contributed by atoms with Gasteiger partial charge in [0, 0.05) is 38.6 Å². The molecule has 0 amide bonds. The summed E-state index contributed by atoms with van der Waals surface area (Å²) in [5.74, 6) is 0. The number of anilines is 1. The fourth-order valence-electron chi connectivity index (χ4n) is 2.71. The number of benzene rings is 2. The molecule has 0 aliphatic rings. The zero-order valence-corrected chi connectivity index (χ0v) is 16.4. The van der Waals surface area contributed by atoms with Gasteiger partial charge in [-0.05, 0) is 47.8 Å². The Balaban J connectivity index is 1.68. The van der Waals surface area contributed by atoms with E-state index in [0.29, 0.717) is 5.56 Å². The number of aromatic nitrogens is 2. The van der Waals surface area contributed by atoms with Crippen molar-refractivity contribution in [1.29, 1.82) is 0 Å². The van der Waals surface area contributed by atoms with Crippen molar-refractivity contribution < 1.29 is 13.2 Å². The van der Waals surface area contributed by atoms with E-state index in [0.717, 1.165) is 38.6 Å². The highest BCUT2D eigenvalue weighted by Gasteiger charge is 2.31. The molecule has 0 aliphatic heterocycles. The van der Waals surface area contributed by atoms with E-state index in [1.54, 1.807) is 18.5 Å². The number of rotatable bonds is 4. The molecule has 0 spiro atoms. The molecule has 0 atom stereocenters. The summed E-state index contributed by atoms with van der Waals surface area (Å²) >= 11 is 9.07. The lowest BCUT2D eigenvalue weighted by atomic mass is 10.00. The molecule has 0 bridgehead atoms. The van der Waals surface area contributed by atoms with Crippen molar-refractivity contribution in [3.8, 4) is 11.1 Å². The van der Waals surface area contributed by atoms with Gasteiger partial charge in [-0.3, -0.25) is 4.98 Å². The Morgan fingerprint density at radius 3 is 2.54 bits per heavy atom. The van der Waals surface area contributed by atoms with Crippen LogP contribution in [-0.2, 0) is 6.18 Å². The lowest BCUT2D eigenvalue weighted by molar-refractivity contribution is -0.137. The molecular weight excluding hydrogens is 427 g/mol. The van der Waals surface area contributed by atoms with Crippen molar-refractivity contribution in [3.05, 3.63) is 70.8 Å². The third-order valence-corrected chi connectivity index (χ3v) is 5.90. The number of fused-ring (bicyclic) bond motifs is 1. The summed E-state index contributed by atoms with van der Waals surface area (Å²) in [6, 6.07) is 10.8. The molecule has 2 aromatic carbocycles. The normalized spacial score (nSPS) is 11.7. The van der Waals surface area contributed by atoms with E-state index < -0.39 is 11.7 Å². The van der Waals surface area contributed by atoms with Gasteiger partial charge in [0.2, 0.25) is 0 Å². The first-order valence-electron chi connectivity index (χ1n) is 8.00. The van der Waals surface area contributed by atoms with E-state index in [2.05, 4.69) is 14.7 Å². The molecule has 1 N–H and O–H groups in total. The Morgan fingerprint density at radius 2 is 1.82 bits per heavy atom. The number of nitrogens with zero attached hydrogens (tertiary/aromatic N) is 2. The van der Waals surface area contributed by atoms with Crippen LogP contribution in [0.5, 0.6) is 0 Å². The second kappa shape index (κ2) is 7.62. The first kappa shape index (κ1) is 19.0. The predicted molar refractivity (Wildman–Crippen MR) is 109 cm³/mol. The largest absolute Gasteiger partial charge is 0.416 e. The maximum absolute atomic E-state index is 12.9. The summed E-state index contributed by atoms with van der Waals surface area (Å²) < 4.78 is 41.8. The highest BCUT2D eigenvalue weighted by Crippen LogP contribution is 2.38. The van der Waals surface area contributed by atoms with Crippen molar-refractivity contribution in [2.75, 3.05) is 4.72 Å². The van der Waals surface area contributed by atoms with Gasteiger partial charge in [-0.1, -0.05) is 23.7 Å². The Hall–Kier alpha value is -2.29. The van der Waals surface area contributed by atoms with Gasteiger partial charge in [-0.2, -0.15) is 13.2 Å². The minimum atomic E-state index is -4.43. The van der Waals surface area contributed by atoms with Crippen LogP contribution in [-0.4, -0.2) is 9.97 Å². The lowest BCUT2D eigenvalue weighted by Crippen LogP contribution is -2.04. The molecule has 0 unspecified atom stereocenters. The fourth-order valence-corrected chi connectivity index (χ4v) is 4.25. The number of thiazole rings is 1. The topological polar surface area (TPSA) is 37.8 Å². The van der Waals surface area contributed by atoms with E-state index in [9.17, 15) is 13.2 Å². The van der Waals surface area contributed by atoms with Gasteiger partial charge in [0.1, 0.15) is 0 Å². The molecule has 0 radical (unpaired) electrons. The van der Waals surface area contributed by atoms with Crippen molar-refractivity contribution in [3.63, 3.8) is 0 Å². The van der Waals surface area contributed by atoms with Gasteiger partial charge in [0.25, 0.3) is 0 Å². The molecule has 0 saturated carbocycles. The molecule has 2 aromatic heterocycles. The number of halogens is 4. The average molecular weight is 438 g/mol. The highest BCUT2D eigenvalue weighted by molar-refractivity contribution is 8.00. The molecule has 28 heavy (non-hydrogen) atoms. The maximum Gasteiger partial charge on any atom is 0.416 e. The number of hydrogen-bond acceptors (Lipinski definition) is 5. The number of pyridine rings is 1. The Bertz CT molecular complexity index is 1130. The second-order valence-electron chi connectivity index (χ2n) is 5.77. The smallest absolute Gasteiger partial charge is 0.302 e. The summed E-state index contributed by atoms with van der Waals surface area (Å²) in [7, 11) is 0. The van der Waals surface area contributed by atoms with Crippen LogP contribution in [0.15, 0.2) is 65.1 Å². The summed E-state index contributed by atoms with van der Waals surface area (Å²) in [5.41, 5.74) is 1.21. The fraction of sp³-hybridized carbons (Fsp3) is 0.0526. The van der Waals surface area contributed by atoms with Gasteiger partial charge in [-0.15, -0.1) is 11.3 Å². The molecule has 9 heteroatoms. The van der Waals surface area contributed by atoms with Gasteiger partial charge in [-0.25, -0.2) is 4.98 Å². The number of hydrogen-bond donors (Lipinski definition) is 1. The van der Waals surface area contributed by atoms with Crippen LogP contribution >= 0.6 is 34.9 Å². The van der Waals surface area contributed by atoms with E-state index in [1.165, 1.54) is 29.4 Å². The van der Waals surface area contributed by atoms with Crippen LogP contribution in [0.25, 0.3) is 22.0 Å². The molecule has 4 rings (SSSR count). The van der Waals surface area contributed by atoms with Gasteiger partial charge in [0.15, 0.2) is 5.13 Å². The quantitative estimate of drug-likeness (QED) is 0.344. The predicted octanol–water partition coefficient (Wildman–Crippen LogP) is 7.15. The van der Waals surface area contributed by atoms with Gasteiger partial charge < -0.3 is 4.72 Å². The summed E-state index contributed by atoms with van der Waals surface area (Å²) in [6.45, 7) is 0. The summed E-state index contributed by atoms with van der Waals surface area (Å²) in [4.78, 5) is 9.48. The molecule has 2 heterocycles. The van der Waals surface area contributed by atoms with Crippen LogP contribution in [0.3, 0.4) is 0 Å². The van der Waals surface area contributed by atoms with Crippen LogP contribution < -0.4 is 4.72 Å². The molecule has 4 aromatic rings. The SMILES string of the molecule is FC(F)(F)c1ccc(-c2ccnc3cc(SNc4nccs4)ccc23)c(Cl)c1. The Kier molecular flexibility index (Phi) is 5.18. The molecule has 0 saturated heterocycles. The second-order valence-corrected chi connectivity index (χ2v) is 7.95. The maximum atomic E-state index is 12.9. The third kappa shape index (κ3) is 3.94. The molecule has 0 fully saturated rings. The highest BCUT2D eigenvalue weighted by atomic mass is 35.5. The average Bonchev–Trinajstić information content (AvgIpc) is 3.18. The summed E-state index contributed by atoms with van der Waals surface area (Å²) in [5, 5.41) is 3.53. The lowest BCUT2D eigenvalue weighted by Gasteiger charge is -2.12. The zero-order chi connectivity index (χ0) is 19.7. The van der Waals surface area contributed by atoms with E-state index in [4.69, 9.17) is 11.6 Å². The van der Waals surface area contributed by atoms with Crippen molar-refractivity contribution in [1.82, 2.24) is 9.97 Å². The van der Waals surface area contributed by atoms with Crippen molar-refractivity contribution in [2.45, 2.75) is 11.1 Å². The van der Waals surface area contributed by atoms with E-state index in [-0.39, 0.29) is 5.02 Å². The van der Waals surface area contributed by atoms with Crippen LogP contribution in [0, 0.1) is 0 Å². The third-order valence-electron chi connectivity index (χ3n) is 3.99. The van der Waals surface area contributed by atoms with Crippen LogP contribution in [0.1, 0.15) is 5.56 Å². The van der Waals surface area contributed by atoms with Crippen molar-refractivity contribution >= 4 is 50.9 Å². The van der Waals surface area contributed by atoms with Crippen LogP contribution in [0.4, 0.5) is 18.3 Å². The monoisotopic (exact) mass is 437 g/mol. The van der Waals surface area contributed by atoms with Crippen LogP contribution in [0.2, 0.25) is 5.02 Å². The first-order chi connectivity index (χ1) is 13.4. The number of nitrogens with one attached hydrogen (secondary N) is 1.